The molecule has 0 aromatic carbocycles. The third-order valence-corrected chi connectivity index (χ3v) is 12.6. The van der Waals surface area contributed by atoms with Crippen molar-refractivity contribution in [2.45, 2.75) is 125 Å². The number of ether oxygens (including phenoxy) is 2. The maximum atomic E-state index is 11.8. The van der Waals surface area contributed by atoms with Gasteiger partial charge in [-0.2, -0.15) is 0 Å². The molecule has 4 aliphatic rings. The lowest BCUT2D eigenvalue weighted by Crippen LogP contribution is -2.55. The van der Waals surface area contributed by atoms with E-state index in [1.165, 1.54) is 19.8 Å². The van der Waals surface area contributed by atoms with Gasteiger partial charge in [-0.05, 0) is 103 Å². The second kappa shape index (κ2) is 10.0. The lowest BCUT2D eigenvalue weighted by molar-refractivity contribution is -0.165. The Balaban J connectivity index is 1.57. The van der Waals surface area contributed by atoms with Crippen molar-refractivity contribution >= 4 is 5.97 Å². The quantitative estimate of drug-likeness (QED) is 0.345. The number of methoxy groups -OCH3 is 1. The molecule has 4 aliphatic carbocycles. The molecule has 9 atom stereocenters. The van der Waals surface area contributed by atoms with Crippen LogP contribution in [0.2, 0.25) is 0 Å². The summed E-state index contributed by atoms with van der Waals surface area (Å²) >= 11 is 0. The van der Waals surface area contributed by atoms with Crippen molar-refractivity contribution in [3.8, 4) is 0 Å². The molecule has 5 heteroatoms. The van der Waals surface area contributed by atoms with E-state index in [-0.39, 0.29) is 40.3 Å². The summed E-state index contributed by atoms with van der Waals surface area (Å²) in [5.74, 6) is 1.36. The minimum atomic E-state index is -0.905. The van der Waals surface area contributed by atoms with Crippen molar-refractivity contribution in [1.82, 2.24) is 0 Å². The largest absolute Gasteiger partial charge is 0.462 e. The van der Waals surface area contributed by atoms with Gasteiger partial charge in [0.25, 0.3) is 0 Å². The SMILES string of the molecule is COC(C)(CO)C(O)CC[C@@H](C)[C@H]1CC[C@@]2(C)C3=CC[C@H]4C(C)(C)[C@@H](OC(C)=O)CC[C@]4(C)C3=CC[C@]12C. The maximum Gasteiger partial charge on any atom is 0.302 e. The van der Waals surface area contributed by atoms with E-state index in [0.717, 1.165) is 32.1 Å². The fraction of sp³-hybridized carbons (Fsp3) is 0.848. The zero-order valence-electron chi connectivity index (χ0n) is 25.5. The topological polar surface area (TPSA) is 76.0 Å². The van der Waals surface area contributed by atoms with Crippen molar-refractivity contribution in [3.63, 3.8) is 0 Å². The van der Waals surface area contributed by atoms with Gasteiger partial charge in [0.2, 0.25) is 0 Å². The van der Waals surface area contributed by atoms with E-state index in [1.807, 2.05) is 0 Å². The molecular weight excluding hydrogens is 476 g/mol. The highest BCUT2D eigenvalue weighted by atomic mass is 16.5. The number of aliphatic hydroxyl groups is 2. The average Bonchev–Trinajstić information content (AvgIpc) is 3.14. The number of allylic oxidation sites excluding steroid dienone is 4. The number of esters is 1. The first-order chi connectivity index (χ1) is 17.6. The van der Waals surface area contributed by atoms with Crippen LogP contribution in [0.15, 0.2) is 23.3 Å². The molecule has 0 aromatic rings. The minimum absolute atomic E-state index is 0.0177. The van der Waals surface area contributed by atoms with Gasteiger partial charge in [-0.25, -0.2) is 0 Å². The molecule has 5 nitrogen and oxygen atoms in total. The normalized spacial score (nSPS) is 41.0. The summed E-state index contributed by atoms with van der Waals surface area (Å²) in [5, 5.41) is 20.5. The van der Waals surface area contributed by atoms with Gasteiger partial charge in [0.1, 0.15) is 11.7 Å². The molecular formula is C33H54O5. The second-order valence-corrected chi connectivity index (χ2v) is 14.7. The molecule has 2 saturated carbocycles. The number of hydrogen-bond donors (Lipinski definition) is 2. The molecule has 2 unspecified atom stereocenters. The van der Waals surface area contributed by atoms with Crippen LogP contribution in [0.1, 0.15) is 107 Å². The van der Waals surface area contributed by atoms with Gasteiger partial charge in [-0.15, -0.1) is 0 Å². The van der Waals surface area contributed by atoms with Gasteiger partial charge < -0.3 is 19.7 Å². The van der Waals surface area contributed by atoms with E-state index < -0.39 is 11.7 Å². The van der Waals surface area contributed by atoms with Crippen LogP contribution < -0.4 is 0 Å². The lowest BCUT2D eigenvalue weighted by atomic mass is 9.44. The van der Waals surface area contributed by atoms with Crippen LogP contribution in [0.3, 0.4) is 0 Å². The zero-order chi connectivity index (χ0) is 28.3. The predicted molar refractivity (Wildman–Crippen MR) is 151 cm³/mol. The van der Waals surface area contributed by atoms with Crippen molar-refractivity contribution in [3.05, 3.63) is 23.3 Å². The van der Waals surface area contributed by atoms with Crippen molar-refractivity contribution < 1.29 is 24.5 Å². The van der Waals surface area contributed by atoms with E-state index >= 15 is 0 Å². The first-order valence-electron chi connectivity index (χ1n) is 15.0. The van der Waals surface area contributed by atoms with Crippen LogP contribution in [-0.2, 0) is 14.3 Å². The predicted octanol–water partition coefficient (Wildman–Crippen LogP) is 6.62. The Morgan fingerprint density at radius 1 is 1.11 bits per heavy atom. The first kappa shape index (κ1) is 29.8. The summed E-state index contributed by atoms with van der Waals surface area (Å²) in [7, 11) is 1.56. The number of fused-ring (bicyclic) bond motifs is 5. The maximum absolute atomic E-state index is 11.8. The number of carbonyl (C=O) groups is 1. The molecule has 4 rings (SSSR count). The van der Waals surface area contributed by atoms with E-state index in [4.69, 9.17) is 9.47 Å². The molecule has 2 fully saturated rings. The van der Waals surface area contributed by atoms with Gasteiger partial charge in [-0.1, -0.05) is 53.7 Å². The Morgan fingerprint density at radius 3 is 2.39 bits per heavy atom. The number of rotatable bonds is 8. The van der Waals surface area contributed by atoms with Gasteiger partial charge >= 0.3 is 5.97 Å². The summed E-state index contributed by atoms with van der Waals surface area (Å²) in [6.07, 6.45) is 12.6. The fourth-order valence-electron chi connectivity index (χ4n) is 9.58. The summed E-state index contributed by atoms with van der Waals surface area (Å²) in [6.45, 7) is 17.7. The molecule has 0 bridgehead atoms. The smallest absolute Gasteiger partial charge is 0.302 e. The standard InChI is InChI=1S/C33H54O5/c1-21(10-13-27(36)33(8,20-34)37-9)23-14-18-32(7)25-11-12-26-29(3,4)28(38-22(2)35)16-17-30(26,5)24(25)15-19-31(23,32)6/h11,15,21,23,26-28,34,36H,10,12-14,16-20H2,1-9H3/t21-,23-,26+,27?,28+,30-,31-,32+,33?/m1/s1. The summed E-state index contributed by atoms with van der Waals surface area (Å²) < 4.78 is 11.3. The van der Waals surface area contributed by atoms with Crippen LogP contribution in [0.5, 0.6) is 0 Å². The molecule has 0 saturated heterocycles. The van der Waals surface area contributed by atoms with E-state index in [2.05, 4.69) is 53.7 Å². The number of aliphatic hydroxyl groups excluding tert-OH is 2. The number of hydrogen-bond acceptors (Lipinski definition) is 5. The highest BCUT2D eigenvalue weighted by molar-refractivity contribution is 5.66. The Hall–Kier alpha value is -1.17. The molecule has 0 heterocycles. The van der Waals surface area contributed by atoms with Crippen LogP contribution in [0.25, 0.3) is 0 Å². The van der Waals surface area contributed by atoms with Crippen LogP contribution in [0, 0.1) is 39.4 Å². The van der Waals surface area contributed by atoms with E-state index in [0.29, 0.717) is 24.2 Å². The molecule has 0 spiro atoms. The molecule has 0 radical (unpaired) electrons. The second-order valence-electron chi connectivity index (χ2n) is 14.7. The van der Waals surface area contributed by atoms with Crippen LogP contribution in [0.4, 0.5) is 0 Å². The van der Waals surface area contributed by atoms with Gasteiger partial charge in [0, 0.05) is 19.4 Å². The fourth-order valence-corrected chi connectivity index (χ4v) is 9.58. The van der Waals surface area contributed by atoms with E-state index in [1.54, 1.807) is 25.2 Å². The Bertz CT molecular complexity index is 976. The average molecular weight is 531 g/mol. The van der Waals surface area contributed by atoms with E-state index in [9.17, 15) is 15.0 Å². The summed E-state index contributed by atoms with van der Waals surface area (Å²) in [4.78, 5) is 11.8. The molecule has 216 valence electrons. The minimum Gasteiger partial charge on any atom is -0.462 e. The molecule has 0 amide bonds. The van der Waals surface area contributed by atoms with Crippen LogP contribution >= 0.6 is 0 Å². The monoisotopic (exact) mass is 530 g/mol. The highest BCUT2D eigenvalue weighted by Crippen LogP contribution is 2.71. The van der Waals surface area contributed by atoms with Crippen LogP contribution in [-0.4, -0.2) is 47.7 Å². The molecule has 0 aliphatic heterocycles. The summed E-state index contributed by atoms with van der Waals surface area (Å²) in [6, 6.07) is 0. The Labute approximate surface area is 231 Å². The number of carbonyl (C=O) groups excluding carboxylic acids is 1. The van der Waals surface area contributed by atoms with Crippen molar-refractivity contribution in [2.75, 3.05) is 13.7 Å². The zero-order valence-corrected chi connectivity index (χ0v) is 25.5. The van der Waals surface area contributed by atoms with Gasteiger partial charge in [0.15, 0.2) is 0 Å². The molecule has 38 heavy (non-hydrogen) atoms. The third-order valence-electron chi connectivity index (χ3n) is 12.6. The van der Waals surface area contributed by atoms with Crippen molar-refractivity contribution in [1.29, 1.82) is 0 Å². The Morgan fingerprint density at radius 2 is 1.79 bits per heavy atom. The van der Waals surface area contributed by atoms with Gasteiger partial charge in [0.05, 0.1) is 12.7 Å². The molecule has 0 aromatic heterocycles. The van der Waals surface area contributed by atoms with Crippen molar-refractivity contribution in [2.24, 2.45) is 39.4 Å². The Kier molecular flexibility index (Phi) is 7.87. The lowest BCUT2D eigenvalue weighted by Gasteiger charge is -2.61. The third kappa shape index (κ3) is 4.34. The molecule has 2 N–H and O–H groups in total. The first-order valence-corrected chi connectivity index (χ1v) is 15.0. The van der Waals surface area contributed by atoms with Gasteiger partial charge in [-0.3, -0.25) is 4.79 Å². The highest BCUT2D eigenvalue weighted by Gasteiger charge is 2.63. The summed E-state index contributed by atoms with van der Waals surface area (Å²) in [5.41, 5.74) is 2.63.